The summed E-state index contributed by atoms with van der Waals surface area (Å²) in [5.74, 6) is 0. The molecule has 0 unspecified atom stereocenters. The Bertz CT molecular complexity index is 1100. The highest BCUT2D eigenvalue weighted by Crippen LogP contribution is 2.18. The average Bonchev–Trinajstić information content (AvgIpc) is 3.18. The van der Waals surface area contributed by atoms with Crippen LogP contribution in [0.1, 0.15) is 12.5 Å². The SMILES string of the molecule is CCc1cccc(-n2ccc(=O)c(-c3ccnn3-c3ccccc3)n2)c1. The molecule has 4 rings (SSSR count). The fourth-order valence-corrected chi connectivity index (χ4v) is 2.91. The number of nitrogens with zero attached hydrogens (tertiary/aromatic N) is 4. The molecule has 5 heteroatoms. The van der Waals surface area contributed by atoms with E-state index in [9.17, 15) is 4.79 Å². The third-order valence-corrected chi connectivity index (χ3v) is 4.28. The van der Waals surface area contributed by atoms with Crippen LogP contribution in [0.25, 0.3) is 22.8 Å². The Morgan fingerprint density at radius 1 is 0.923 bits per heavy atom. The molecule has 0 radical (unpaired) electrons. The standard InChI is InChI=1S/C21H18N4O/c1-2-16-7-6-10-18(15-16)24-14-12-20(26)21(23-24)19-11-13-22-25(19)17-8-4-3-5-9-17/h3-15H,2H2,1H3. The predicted molar refractivity (Wildman–Crippen MR) is 102 cm³/mol. The zero-order chi connectivity index (χ0) is 17.9. The van der Waals surface area contributed by atoms with E-state index in [1.807, 2.05) is 48.5 Å². The molecule has 0 N–H and O–H groups in total. The Kier molecular flexibility index (Phi) is 4.19. The largest absolute Gasteiger partial charge is 0.287 e. The summed E-state index contributed by atoms with van der Waals surface area (Å²) >= 11 is 0. The predicted octanol–water partition coefficient (Wildman–Crippen LogP) is 3.65. The van der Waals surface area contributed by atoms with E-state index in [-0.39, 0.29) is 5.43 Å². The van der Waals surface area contributed by atoms with Gasteiger partial charge in [0.1, 0.15) is 0 Å². The van der Waals surface area contributed by atoms with Crippen molar-refractivity contribution in [3.63, 3.8) is 0 Å². The minimum absolute atomic E-state index is 0.134. The Morgan fingerprint density at radius 2 is 1.73 bits per heavy atom. The van der Waals surface area contributed by atoms with E-state index in [0.717, 1.165) is 17.8 Å². The maximum atomic E-state index is 12.5. The van der Waals surface area contributed by atoms with Gasteiger partial charge in [-0.1, -0.05) is 37.3 Å². The summed E-state index contributed by atoms with van der Waals surface area (Å²) in [5, 5.41) is 8.95. The first-order valence-electron chi connectivity index (χ1n) is 8.55. The molecule has 0 aliphatic rings. The van der Waals surface area contributed by atoms with Gasteiger partial charge in [0.2, 0.25) is 5.43 Å². The number of aryl methyl sites for hydroxylation is 1. The van der Waals surface area contributed by atoms with Gasteiger partial charge in [0.15, 0.2) is 5.69 Å². The molecule has 0 saturated carbocycles. The molecule has 128 valence electrons. The monoisotopic (exact) mass is 342 g/mol. The Morgan fingerprint density at radius 3 is 2.54 bits per heavy atom. The first-order chi connectivity index (χ1) is 12.8. The van der Waals surface area contributed by atoms with E-state index in [2.05, 4.69) is 29.3 Å². The lowest BCUT2D eigenvalue weighted by atomic mass is 10.1. The molecule has 2 aromatic carbocycles. The molecule has 0 amide bonds. The van der Waals surface area contributed by atoms with Crippen molar-refractivity contribution in [2.24, 2.45) is 0 Å². The van der Waals surface area contributed by atoms with E-state index < -0.39 is 0 Å². The van der Waals surface area contributed by atoms with Crippen molar-refractivity contribution in [1.82, 2.24) is 19.6 Å². The molecule has 0 spiro atoms. The smallest absolute Gasteiger partial charge is 0.209 e. The van der Waals surface area contributed by atoms with Crippen molar-refractivity contribution in [2.45, 2.75) is 13.3 Å². The van der Waals surface area contributed by atoms with Crippen LogP contribution in [-0.4, -0.2) is 19.6 Å². The summed E-state index contributed by atoms with van der Waals surface area (Å²) in [6.07, 6.45) is 4.32. The minimum atomic E-state index is -0.134. The molecule has 2 heterocycles. The summed E-state index contributed by atoms with van der Waals surface area (Å²) < 4.78 is 3.47. The quantitative estimate of drug-likeness (QED) is 0.569. The van der Waals surface area contributed by atoms with Crippen LogP contribution < -0.4 is 5.43 Å². The third-order valence-electron chi connectivity index (χ3n) is 4.28. The van der Waals surface area contributed by atoms with Gasteiger partial charge in [-0.05, 0) is 42.3 Å². The van der Waals surface area contributed by atoms with E-state index in [0.29, 0.717) is 11.4 Å². The van der Waals surface area contributed by atoms with Gasteiger partial charge in [-0.25, -0.2) is 9.36 Å². The van der Waals surface area contributed by atoms with Gasteiger partial charge in [0, 0.05) is 12.3 Å². The highest BCUT2D eigenvalue weighted by molar-refractivity contribution is 5.57. The van der Waals surface area contributed by atoms with Gasteiger partial charge in [-0.3, -0.25) is 4.79 Å². The molecule has 0 fully saturated rings. The number of hydrogen-bond donors (Lipinski definition) is 0. The van der Waals surface area contributed by atoms with Gasteiger partial charge in [0.25, 0.3) is 0 Å². The number of para-hydroxylation sites is 1. The molecule has 0 atom stereocenters. The van der Waals surface area contributed by atoms with E-state index in [1.165, 1.54) is 5.56 Å². The maximum Gasteiger partial charge on any atom is 0.209 e. The summed E-state index contributed by atoms with van der Waals surface area (Å²) in [7, 11) is 0. The fraction of sp³-hybridized carbons (Fsp3) is 0.0952. The highest BCUT2D eigenvalue weighted by Gasteiger charge is 2.13. The van der Waals surface area contributed by atoms with Gasteiger partial charge >= 0.3 is 0 Å². The van der Waals surface area contributed by atoms with Gasteiger partial charge < -0.3 is 0 Å². The van der Waals surface area contributed by atoms with Crippen LogP contribution in [-0.2, 0) is 6.42 Å². The average molecular weight is 342 g/mol. The van der Waals surface area contributed by atoms with E-state index in [1.54, 1.807) is 27.8 Å². The first kappa shape index (κ1) is 16.0. The second-order valence-electron chi connectivity index (χ2n) is 5.96. The minimum Gasteiger partial charge on any atom is -0.287 e. The van der Waals surface area contributed by atoms with Crippen LogP contribution in [0.2, 0.25) is 0 Å². The maximum absolute atomic E-state index is 12.5. The van der Waals surface area contributed by atoms with Crippen LogP contribution in [0.4, 0.5) is 0 Å². The lowest BCUT2D eigenvalue weighted by Crippen LogP contribution is -2.14. The Hall–Kier alpha value is -3.47. The van der Waals surface area contributed by atoms with E-state index >= 15 is 0 Å². The van der Waals surface area contributed by atoms with Crippen LogP contribution in [0.5, 0.6) is 0 Å². The van der Waals surface area contributed by atoms with Crippen LogP contribution >= 0.6 is 0 Å². The molecule has 0 aliphatic heterocycles. The lowest BCUT2D eigenvalue weighted by Gasteiger charge is -2.10. The number of benzene rings is 2. The van der Waals surface area contributed by atoms with Crippen LogP contribution in [0.3, 0.4) is 0 Å². The lowest BCUT2D eigenvalue weighted by molar-refractivity contribution is 0.821. The molecule has 4 aromatic rings. The normalized spacial score (nSPS) is 10.8. The third kappa shape index (κ3) is 2.95. The molecule has 0 saturated heterocycles. The second-order valence-corrected chi connectivity index (χ2v) is 5.96. The van der Waals surface area contributed by atoms with Crippen molar-refractivity contribution < 1.29 is 0 Å². The zero-order valence-electron chi connectivity index (χ0n) is 14.4. The first-order valence-corrected chi connectivity index (χ1v) is 8.55. The fourth-order valence-electron chi connectivity index (χ4n) is 2.91. The van der Waals surface area contributed by atoms with Crippen molar-refractivity contribution in [1.29, 1.82) is 0 Å². The molecular formula is C21H18N4O. The molecule has 26 heavy (non-hydrogen) atoms. The number of hydrogen-bond acceptors (Lipinski definition) is 3. The topological polar surface area (TPSA) is 52.7 Å². The van der Waals surface area contributed by atoms with Crippen LogP contribution in [0.15, 0.2) is 83.9 Å². The summed E-state index contributed by atoms with van der Waals surface area (Å²) in [6.45, 7) is 2.11. The second kappa shape index (κ2) is 6.80. The molecule has 0 aliphatic carbocycles. The highest BCUT2D eigenvalue weighted by atomic mass is 16.1. The van der Waals surface area contributed by atoms with Gasteiger partial charge in [0.05, 0.1) is 23.3 Å². The molecule has 0 bridgehead atoms. The summed E-state index contributed by atoms with van der Waals surface area (Å²) in [4.78, 5) is 12.5. The van der Waals surface area contributed by atoms with Gasteiger partial charge in [-0.2, -0.15) is 10.2 Å². The van der Waals surface area contributed by atoms with Crippen molar-refractivity contribution in [3.05, 3.63) is 94.9 Å². The molecule has 5 nitrogen and oxygen atoms in total. The molecular weight excluding hydrogens is 324 g/mol. The van der Waals surface area contributed by atoms with Crippen molar-refractivity contribution in [2.75, 3.05) is 0 Å². The van der Waals surface area contributed by atoms with Crippen molar-refractivity contribution in [3.8, 4) is 22.8 Å². The number of aromatic nitrogens is 4. The Balaban J connectivity index is 1.84. The molecule has 2 aromatic heterocycles. The van der Waals surface area contributed by atoms with Crippen molar-refractivity contribution >= 4 is 0 Å². The van der Waals surface area contributed by atoms with Crippen LogP contribution in [0, 0.1) is 0 Å². The summed E-state index contributed by atoms with van der Waals surface area (Å²) in [5.41, 5.74) is 3.94. The number of rotatable bonds is 4. The Labute approximate surface area is 151 Å². The summed E-state index contributed by atoms with van der Waals surface area (Å²) in [6, 6.07) is 21.2. The van der Waals surface area contributed by atoms with Gasteiger partial charge in [-0.15, -0.1) is 0 Å². The van der Waals surface area contributed by atoms with E-state index in [4.69, 9.17) is 0 Å². The zero-order valence-corrected chi connectivity index (χ0v) is 14.4.